The number of aryl methyl sites for hydroxylation is 1. The van der Waals surface area contributed by atoms with E-state index in [-0.39, 0.29) is 5.41 Å². The fourth-order valence-corrected chi connectivity index (χ4v) is 3.13. The summed E-state index contributed by atoms with van der Waals surface area (Å²) >= 11 is 0. The summed E-state index contributed by atoms with van der Waals surface area (Å²) in [5.41, 5.74) is 3.79. The molecule has 0 saturated carbocycles. The van der Waals surface area contributed by atoms with Gasteiger partial charge in [0.25, 0.3) is 0 Å². The molecule has 106 valence electrons. The van der Waals surface area contributed by atoms with Gasteiger partial charge in [-0.3, -0.25) is 4.21 Å². The summed E-state index contributed by atoms with van der Waals surface area (Å²) in [6.45, 7) is 8.64. The summed E-state index contributed by atoms with van der Waals surface area (Å²) < 4.78 is 12.3. The number of rotatable bonds is 3. The largest absolute Gasteiger partial charge is 0.254 e. The maximum absolute atomic E-state index is 12.3. The van der Waals surface area contributed by atoms with Crippen LogP contribution < -0.4 is 0 Å². The Labute approximate surface area is 124 Å². The van der Waals surface area contributed by atoms with E-state index in [9.17, 15) is 4.21 Å². The Kier molecular flexibility index (Phi) is 4.44. The molecule has 0 aliphatic carbocycles. The highest BCUT2D eigenvalue weighted by Gasteiger charge is 2.13. The van der Waals surface area contributed by atoms with Crippen LogP contribution in [0.1, 0.15) is 37.5 Å². The number of hydrogen-bond acceptors (Lipinski definition) is 1. The molecule has 0 bridgehead atoms. The molecule has 0 spiro atoms. The SMILES string of the molecule is Cc1ccc(S(=O)Cc2ccc(C(C)(C)C)cc2)cc1. The van der Waals surface area contributed by atoms with Gasteiger partial charge in [-0.15, -0.1) is 0 Å². The molecule has 2 rings (SSSR count). The minimum Gasteiger partial charge on any atom is -0.254 e. The van der Waals surface area contributed by atoms with E-state index in [1.165, 1.54) is 11.1 Å². The van der Waals surface area contributed by atoms with Gasteiger partial charge in [-0.05, 0) is 35.6 Å². The van der Waals surface area contributed by atoms with Crippen LogP contribution in [-0.2, 0) is 22.0 Å². The highest BCUT2D eigenvalue weighted by molar-refractivity contribution is 7.84. The molecule has 20 heavy (non-hydrogen) atoms. The van der Waals surface area contributed by atoms with E-state index in [4.69, 9.17) is 0 Å². The fourth-order valence-electron chi connectivity index (χ4n) is 2.03. The molecule has 0 saturated heterocycles. The Hall–Kier alpha value is -1.41. The molecule has 2 heteroatoms. The van der Waals surface area contributed by atoms with Gasteiger partial charge in [-0.2, -0.15) is 0 Å². The van der Waals surface area contributed by atoms with Crippen LogP contribution >= 0.6 is 0 Å². The lowest BCUT2D eigenvalue weighted by Crippen LogP contribution is -2.10. The quantitative estimate of drug-likeness (QED) is 0.806. The zero-order chi connectivity index (χ0) is 14.8. The van der Waals surface area contributed by atoms with E-state index >= 15 is 0 Å². The predicted molar refractivity (Wildman–Crippen MR) is 86.4 cm³/mol. The first kappa shape index (κ1) is 15.0. The zero-order valence-electron chi connectivity index (χ0n) is 12.6. The lowest BCUT2D eigenvalue weighted by molar-refractivity contribution is 0.590. The molecule has 0 N–H and O–H groups in total. The van der Waals surface area contributed by atoms with Crippen molar-refractivity contribution in [2.45, 2.75) is 43.8 Å². The van der Waals surface area contributed by atoms with E-state index in [0.29, 0.717) is 5.75 Å². The van der Waals surface area contributed by atoms with E-state index in [1.54, 1.807) is 0 Å². The first-order chi connectivity index (χ1) is 9.36. The second-order valence-electron chi connectivity index (χ2n) is 6.25. The number of hydrogen-bond donors (Lipinski definition) is 0. The smallest absolute Gasteiger partial charge is 0.0574 e. The fraction of sp³-hybridized carbons (Fsp3) is 0.333. The minimum absolute atomic E-state index is 0.161. The second kappa shape index (κ2) is 5.92. The lowest BCUT2D eigenvalue weighted by atomic mass is 9.87. The molecule has 0 fully saturated rings. The molecule has 0 radical (unpaired) electrons. The third-order valence-electron chi connectivity index (χ3n) is 3.40. The van der Waals surface area contributed by atoms with Gasteiger partial charge in [0.2, 0.25) is 0 Å². The Balaban J connectivity index is 2.10. The molecule has 1 atom stereocenters. The first-order valence-corrected chi connectivity index (χ1v) is 8.22. The summed E-state index contributed by atoms with van der Waals surface area (Å²) in [6, 6.07) is 16.4. The highest BCUT2D eigenvalue weighted by atomic mass is 32.2. The van der Waals surface area contributed by atoms with Gasteiger partial charge < -0.3 is 0 Å². The van der Waals surface area contributed by atoms with Gasteiger partial charge in [-0.1, -0.05) is 62.7 Å². The Bertz CT molecular complexity index is 589. The average molecular weight is 286 g/mol. The van der Waals surface area contributed by atoms with Gasteiger partial charge in [0, 0.05) is 4.90 Å². The predicted octanol–water partition coefficient (Wildman–Crippen LogP) is 4.60. The van der Waals surface area contributed by atoms with Crippen molar-refractivity contribution in [1.82, 2.24) is 0 Å². The van der Waals surface area contributed by atoms with E-state index in [0.717, 1.165) is 10.5 Å². The number of benzene rings is 2. The van der Waals surface area contributed by atoms with Crippen LogP contribution in [0.3, 0.4) is 0 Å². The third kappa shape index (κ3) is 3.80. The van der Waals surface area contributed by atoms with E-state index in [2.05, 4.69) is 45.0 Å². The van der Waals surface area contributed by atoms with Gasteiger partial charge in [-0.25, -0.2) is 0 Å². The van der Waals surface area contributed by atoms with E-state index in [1.807, 2.05) is 31.2 Å². The van der Waals surface area contributed by atoms with Crippen LogP contribution in [0.15, 0.2) is 53.4 Å². The third-order valence-corrected chi connectivity index (χ3v) is 4.80. The molecule has 0 aromatic heterocycles. The van der Waals surface area contributed by atoms with Crippen LogP contribution in [0.5, 0.6) is 0 Å². The van der Waals surface area contributed by atoms with Gasteiger partial charge in [0.05, 0.1) is 16.6 Å². The minimum atomic E-state index is -0.970. The second-order valence-corrected chi connectivity index (χ2v) is 7.70. The molecule has 2 aromatic rings. The molecule has 2 aromatic carbocycles. The van der Waals surface area contributed by atoms with Crippen LogP contribution in [0.2, 0.25) is 0 Å². The van der Waals surface area contributed by atoms with Crippen molar-refractivity contribution in [1.29, 1.82) is 0 Å². The maximum atomic E-state index is 12.3. The molecule has 0 aliphatic rings. The van der Waals surface area contributed by atoms with Crippen molar-refractivity contribution >= 4 is 10.8 Å². The summed E-state index contributed by atoms with van der Waals surface area (Å²) in [6.07, 6.45) is 0. The van der Waals surface area contributed by atoms with Crippen LogP contribution in [0, 0.1) is 6.92 Å². The first-order valence-electron chi connectivity index (χ1n) is 6.91. The Morgan fingerprint density at radius 2 is 1.45 bits per heavy atom. The molecule has 1 nitrogen and oxygen atoms in total. The average Bonchev–Trinajstić information content (AvgIpc) is 2.39. The van der Waals surface area contributed by atoms with Crippen LogP contribution in [0.25, 0.3) is 0 Å². The molecule has 1 unspecified atom stereocenters. The van der Waals surface area contributed by atoms with E-state index < -0.39 is 10.8 Å². The Morgan fingerprint density at radius 3 is 1.95 bits per heavy atom. The summed E-state index contributed by atoms with van der Waals surface area (Å²) in [5.74, 6) is 0.577. The van der Waals surface area contributed by atoms with Crippen molar-refractivity contribution in [2.24, 2.45) is 0 Å². The maximum Gasteiger partial charge on any atom is 0.0574 e. The monoisotopic (exact) mass is 286 g/mol. The van der Waals surface area contributed by atoms with Crippen molar-refractivity contribution in [3.05, 3.63) is 65.2 Å². The summed E-state index contributed by atoms with van der Waals surface area (Å²) in [5, 5.41) is 0. The van der Waals surface area contributed by atoms with Crippen molar-refractivity contribution < 1.29 is 4.21 Å². The zero-order valence-corrected chi connectivity index (χ0v) is 13.5. The lowest BCUT2D eigenvalue weighted by Gasteiger charge is -2.19. The van der Waals surface area contributed by atoms with Crippen molar-refractivity contribution in [3.63, 3.8) is 0 Å². The van der Waals surface area contributed by atoms with Crippen molar-refractivity contribution in [3.8, 4) is 0 Å². The van der Waals surface area contributed by atoms with Gasteiger partial charge in [0.1, 0.15) is 0 Å². The summed E-state index contributed by atoms with van der Waals surface area (Å²) in [7, 11) is -0.970. The Morgan fingerprint density at radius 1 is 0.900 bits per heavy atom. The molecular formula is C18H22OS. The molecule has 0 heterocycles. The topological polar surface area (TPSA) is 17.1 Å². The normalized spacial score (nSPS) is 13.2. The highest BCUT2D eigenvalue weighted by Crippen LogP contribution is 2.23. The van der Waals surface area contributed by atoms with Crippen LogP contribution in [-0.4, -0.2) is 4.21 Å². The van der Waals surface area contributed by atoms with Crippen molar-refractivity contribution in [2.75, 3.05) is 0 Å². The van der Waals surface area contributed by atoms with Gasteiger partial charge in [0.15, 0.2) is 0 Å². The van der Waals surface area contributed by atoms with Crippen LogP contribution in [0.4, 0.5) is 0 Å². The standard InChI is InChI=1S/C18H22OS/c1-14-5-11-17(12-6-14)20(19)13-15-7-9-16(10-8-15)18(2,3)4/h5-12H,13H2,1-4H3. The molecule has 0 aliphatic heterocycles. The summed E-state index contributed by atoms with van der Waals surface area (Å²) in [4.78, 5) is 0.899. The van der Waals surface area contributed by atoms with Gasteiger partial charge >= 0.3 is 0 Å². The molecular weight excluding hydrogens is 264 g/mol. The molecule has 0 amide bonds.